The van der Waals surface area contributed by atoms with Gasteiger partial charge >= 0.3 is 0 Å². The fraction of sp³-hybridized carbons (Fsp3) is 0.250. The second-order valence-corrected chi connectivity index (χ2v) is 2.29. The number of aryl methyl sites for hydroxylation is 1. The van der Waals surface area contributed by atoms with Crippen molar-refractivity contribution >= 4 is 5.69 Å². The van der Waals surface area contributed by atoms with Gasteiger partial charge in [-0.1, -0.05) is 12.1 Å². The highest BCUT2D eigenvalue weighted by Gasteiger charge is 1.92. The van der Waals surface area contributed by atoms with Gasteiger partial charge in [-0.25, -0.2) is 0 Å². The Hall–Kier alpha value is -1.06. The lowest BCUT2D eigenvalue weighted by molar-refractivity contribution is -0.176. The molecule has 0 fully saturated rings. The van der Waals surface area contributed by atoms with E-state index in [1.165, 1.54) is 11.1 Å². The smallest absolute Gasteiger partial charge is 0.0346 e. The maximum atomic E-state index is 6.00. The lowest BCUT2D eigenvalue weighted by atomic mass is 10.1. The average Bonchev–Trinajstić information content (AvgIpc) is 2.04. The summed E-state index contributed by atoms with van der Waals surface area (Å²) < 4.78 is 0. The number of nitrogens with two attached hydrogens (primary N) is 1. The van der Waals surface area contributed by atoms with Crippen LogP contribution in [0.15, 0.2) is 18.2 Å². The second kappa shape index (κ2) is 4.71. The van der Waals surface area contributed by atoms with Crippen molar-refractivity contribution in [1.82, 2.24) is 0 Å². The van der Waals surface area contributed by atoms with E-state index in [1.807, 2.05) is 19.1 Å². The fourth-order valence-electron chi connectivity index (χ4n) is 0.774. The molecule has 3 nitrogen and oxygen atoms in total. The van der Waals surface area contributed by atoms with Crippen LogP contribution in [-0.2, 0) is 0 Å². The summed E-state index contributed by atoms with van der Waals surface area (Å²) in [6.45, 7) is 4.09. The second-order valence-electron chi connectivity index (χ2n) is 2.29. The molecule has 0 aromatic heterocycles. The van der Waals surface area contributed by atoms with Crippen LogP contribution in [0.3, 0.4) is 0 Å². The van der Waals surface area contributed by atoms with Crippen LogP contribution in [0.4, 0.5) is 5.69 Å². The van der Waals surface area contributed by atoms with Crippen molar-refractivity contribution in [2.45, 2.75) is 13.8 Å². The molecule has 0 spiro atoms. The molecule has 0 aliphatic heterocycles. The van der Waals surface area contributed by atoms with Gasteiger partial charge in [-0.3, -0.25) is 10.5 Å². The predicted octanol–water partition coefficient (Wildman–Crippen LogP) is 1.90. The van der Waals surface area contributed by atoms with Gasteiger partial charge in [-0.2, -0.15) is 0 Å². The van der Waals surface area contributed by atoms with Crippen LogP contribution in [0.5, 0.6) is 0 Å². The summed E-state index contributed by atoms with van der Waals surface area (Å²) in [5, 5.41) is 12.0. The van der Waals surface area contributed by atoms with Gasteiger partial charge in [-0.15, -0.1) is 0 Å². The van der Waals surface area contributed by atoms with Gasteiger partial charge in [0.1, 0.15) is 0 Å². The van der Waals surface area contributed by atoms with Crippen molar-refractivity contribution in [2.75, 3.05) is 5.73 Å². The minimum atomic E-state index is 0.884. The Morgan fingerprint density at radius 3 is 2.09 bits per heavy atom. The van der Waals surface area contributed by atoms with E-state index in [0.717, 1.165) is 5.69 Å². The van der Waals surface area contributed by atoms with E-state index < -0.39 is 0 Å². The third kappa shape index (κ3) is 2.57. The van der Waals surface area contributed by atoms with Gasteiger partial charge in [0.15, 0.2) is 0 Å². The molecule has 0 saturated carbocycles. The first-order valence-electron chi connectivity index (χ1n) is 3.23. The molecule has 0 atom stereocenters. The van der Waals surface area contributed by atoms with Crippen molar-refractivity contribution in [3.05, 3.63) is 29.3 Å². The van der Waals surface area contributed by atoms with Crippen molar-refractivity contribution < 1.29 is 10.5 Å². The van der Waals surface area contributed by atoms with E-state index in [0.29, 0.717) is 0 Å². The molecule has 4 N–H and O–H groups in total. The van der Waals surface area contributed by atoms with Gasteiger partial charge in [0.05, 0.1) is 0 Å². The average molecular weight is 155 g/mol. The molecule has 0 amide bonds. The highest BCUT2D eigenvalue weighted by atomic mass is 17.0. The Morgan fingerprint density at radius 1 is 1.18 bits per heavy atom. The van der Waals surface area contributed by atoms with Crippen molar-refractivity contribution in [3.8, 4) is 0 Å². The number of benzene rings is 1. The van der Waals surface area contributed by atoms with Gasteiger partial charge in [0, 0.05) is 5.69 Å². The van der Waals surface area contributed by atoms with Gasteiger partial charge < -0.3 is 5.73 Å². The maximum Gasteiger partial charge on any atom is 0.0346 e. The van der Waals surface area contributed by atoms with Crippen LogP contribution in [-0.4, -0.2) is 10.5 Å². The molecule has 0 aliphatic rings. The number of hydrogen-bond acceptors (Lipinski definition) is 3. The van der Waals surface area contributed by atoms with Crippen LogP contribution < -0.4 is 5.73 Å². The lowest BCUT2D eigenvalue weighted by Crippen LogP contribution is -1.90. The minimum absolute atomic E-state index is 0.884. The summed E-state index contributed by atoms with van der Waals surface area (Å²) in [5.74, 6) is 0. The third-order valence-electron chi connectivity index (χ3n) is 1.65. The highest BCUT2D eigenvalue weighted by Crippen LogP contribution is 2.13. The molecule has 3 heteroatoms. The largest absolute Gasteiger partial charge is 0.399 e. The van der Waals surface area contributed by atoms with E-state index >= 15 is 0 Å². The number of hydrogen-bond donors (Lipinski definition) is 3. The molecule has 0 aliphatic carbocycles. The predicted molar refractivity (Wildman–Crippen MR) is 45.6 cm³/mol. The SMILES string of the molecule is Cc1cccc(N)c1C.OO. The van der Waals surface area contributed by atoms with Crippen LogP contribution in [0.1, 0.15) is 11.1 Å². The third-order valence-corrected chi connectivity index (χ3v) is 1.65. The summed E-state index contributed by atoms with van der Waals surface area (Å²) in [5.41, 5.74) is 8.96. The summed E-state index contributed by atoms with van der Waals surface area (Å²) >= 11 is 0. The number of rotatable bonds is 0. The summed E-state index contributed by atoms with van der Waals surface area (Å²) in [4.78, 5) is 0. The quantitative estimate of drug-likeness (QED) is 0.304. The normalized spacial score (nSPS) is 8.36. The van der Waals surface area contributed by atoms with Crippen LogP contribution in [0.25, 0.3) is 0 Å². The van der Waals surface area contributed by atoms with Crippen molar-refractivity contribution in [3.63, 3.8) is 0 Å². The molecule has 0 radical (unpaired) electrons. The first kappa shape index (κ1) is 9.94. The lowest BCUT2D eigenvalue weighted by Gasteiger charge is -2.00. The van der Waals surface area contributed by atoms with Crippen molar-refractivity contribution in [1.29, 1.82) is 0 Å². The Bertz CT molecular complexity index is 203. The molecule has 62 valence electrons. The monoisotopic (exact) mass is 155 g/mol. The molecule has 11 heavy (non-hydrogen) atoms. The zero-order chi connectivity index (χ0) is 8.85. The zero-order valence-corrected chi connectivity index (χ0v) is 6.70. The Kier molecular flexibility index (Phi) is 4.26. The minimum Gasteiger partial charge on any atom is -0.399 e. The van der Waals surface area contributed by atoms with Crippen LogP contribution >= 0.6 is 0 Å². The van der Waals surface area contributed by atoms with E-state index in [1.54, 1.807) is 0 Å². The summed E-state index contributed by atoms with van der Waals surface area (Å²) in [7, 11) is 0. The molecule has 1 aromatic rings. The molecule has 1 aromatic carbocycles. The molecule has 0 heterocycles. The Labute approximate surface area is 66.0 Å². The number of anilines is 1. The van der Waals surface area contributed by atoms with E-state index in [9.17, 15) is 0 Å². The molecule has 0 bridgehead atoms. The number of nitrogen functional groups attached to an aromatic ring is 1. The van der Waals surface area contributed by atoms with Gasteiger partial charge in [-0.05, 0) is 31.0 Å². The van der Waals surface area contributed by atoms with E-state index in [-0.39, 0.29) is 0 Å². The summed E-state index contributed by atoms with van der Waals surface area (Å²) in [6, 6.07) is 5.95. The standard InChI is InChI=1S/C8H11N.H2O2/c1-6-4-3-5-8(9)7(6)2;1-2/h3-5H,9H2,1-2H3;1-2H. The topological polar surface area (TPSA) is 66.5 Å². The van der Waals surface area contributed by atoms with Gasteiger partial charge in [0.25, 0.3) is 0 Å². The molecule has 0 saturated heterocycles. The zero-order valence-electron chi connectivity index (χ0n) is 6.70. The first-order chi connectivity index (χ1) is 5.22. The van der Waals surface area contributed by atoms with Crippen molar-refractivity contribution in [2.24, 2.45) is 0 Å². The molecular weight excluding hydrogens is 142 g/mol. The van der Waals surface area contributed by atoms with E-state index in [4.69, 9.17) is 16.2 Å². The van der Waals surface area contributed by atoms with Crippen LogP contribution in [0, 0.1) is 13.8 Å². The summed E-state index contributed by atoms with van der Waals surface area (Å²) in [6.07, 6.45) is 0. The van der Waals surface area contributed by atoms with Gasteiger partial charge in [0.2, 0.25) is 0 Å². The molecular formula is C8H13NO2. The fourth-order valence-corrected chi connectivity index (χ4v) is 0.774. The van der Waals surface area contributed by atoms with Crippen LogP contribution in [0.2, 0.25) is 0 Å². The molecule has 1 rings (SSSR count). The molecule has 0 unspecified atom stereocenters. The first-order valence-corrected chi connectivity index (χ1v) is 3.23. The Morgan fingerprint density at radius 2 is 1.73 bits per heavy atom. The maximum absolute atomic E-state index is 6.00. The Balaban J connectivity index is 0.000000461. The highest BCUT2D eigenvalue weighted by molar-refractivity contribution is 5.49. The van der Waals surface area contributed by atoms with E-state index in [2.05, 4.69) is 13.0 Å².